The maximum Gasteiger partial charge on any atom is 0.528 e. The van der Waals surface area contributed by atoms with E-state index in [1.807, 2.05) is 0 Å². The summed E-state index contributed by atoms with van der Waals surface area (Å²) < 4.78 is 18.6. The quantitative estimate of drug-likeness (QED) is 0.486. The Morgan fingerprint density at radius 3 is 2.55 bits per heavy atom. The van der Waals surface area contributed by atoms with E-state index in [9.17, 15) is 23.9 Å². The van der Waals surface area contributed by atoms with Gasteiger partial charge in [0.15, 0.2) is 0 Å². The number of piperidine rings is 1. The van der Waals surface area contributed by atoms with E-state index in [0.29, 0.717) is 18.7 Å². The van der Waals surface area contributed by atoms with E-state index in [1.165, 1.54) is 17.2 Å². The third kappa shape index (κ3) is 4.92. The number of halogens is 2. The minimum atomic E-state index is -2.17. The predicted molar refractivity (Wildman–Crippen MR) is 114 cm³/mol. The zero-order chi connectivity index (χ0) is 24.1. The average Bonchev–Trinajstić information content (AvgIpc) is 3.01. The van der Waals surface area contributed by atoms with E-state index in [4.69, 9.17) is 21.2 Å². The summed E-state index contributed by atoms with van der Waals surface area (Å²) in [5.74, 6) is -1.82. The molecule has 2 amide bonds. The topological polar surface area (TPSA) is 108 Å². The Morgan fingerprint density at radius 2 is 1.94 bits per heavy atom. The van der Waals surface area contributed by atoms with E-state index in [1.54, 1.807) is 25.7 Å². The van der Waals surface area contributed by atoms with Crippen LogP contribution in [0.4, 0.5) is 9.18 Å². The van der Waals surface area contributed by atoms with Gasteiger partial charge >= 0.3 is 6.16 Å². The second-order valence-corrected chi connectivity index (χ2v) is 10.2. The Bertz CT molecular complexity index is 953. The SMILES string of the molecule is CC(C)(C)OC(=O)ON1C[C@@H]2[C@H](C1)[C@H]2N1CCC(O)(C(=O)NCc2cc(F)cc(Cl)c2)C1=O. The van der Waals surface area contributed by atoms with Gasteiger partial charge in [-0.1, -0.05) is 11.6 Å². The Balaban J connectivity index is 1.29. The number of nitrogens with one attached hydrogen (secondary N) is 1. The summed E-state index contributed by atoms with van der Waals surface area (Å²) in [6.45, 7) is 6.31. The molecule has 0 bridgehead atoms. The first-order chi connectivity index (χ1) is 15.4. The molecule has 1 aromatic carbocycles. The third-order valence-electron chi connectivity index (χ3n) is 6.15. The highest BCUT2D eigenvalue weighted by molar-refractivity contribution is 6.30. The molecule has 0 radical (unpaired) electrons. The zero-order valence-corrected chi connectivity index (χ0v) is 19.4. The summed E-state index contributed by atoms with van der Waals surface area (Å²) in [6.07, 6.45) is -0.807. The molecule has 0 spiro atoms. The minimum absolute atomic E-state index is 0.0321. The Kier molecular flexibility index (Phi) is 6.05. The molecule has 1 aliphatic carbocycles. The van der Waals surface area contributed by atoms with Crippen molar-refractivity contribution in [3.05, 3.63) is 34.6 Å². The lowest BCUT2D eigenvalue weighted by Crippen LogP contribution is -2.53. The van der Waals surface area contributed by atoms with Crippen LogP contribution in [0.3, 0.4) is 0 Å². The number of nitrogens with zero attached hydrogens (tertiary/aromatic N) is 2. The molecule has 0 aromatic heterocycles. The average molecular weight is 484 g/mol. The van der Waals surface area contributed by atoms with E-state index in [2.05, 4.69) is 5.32 Å². The van der Waals surface area contributed by atoms with Crippen LogP contribution in [0, 0.1) is 17.7 Å². The third-order valence-corrected chi connectivity index (χ3v) is 6.37. The first kappa shape index (κ1) is 23.7. The number of amides is 2. The first-order valence-electron chi connectivity index (χ1n) is 10.8. The van der Waals surface area contributed by atoms with E-state index >= 15 is 0 Å². The highest BCUT2D eigenvalue weighted by atomic mass is 35.5. The van der Waals surface area contributed by atoms with Crippen LogP contribution in [0.15, 0.2) is 18.2 Å². The molecule has 4 atom stereocenters. The molecular formula is C22H27ClFN3O6. The van der Waals surface area contributed by atoms with Gasteiger partial charge in [0, 0.05) is 55.5 Å². The van der Waals surface area contributed by atoms with Gasteiger partial charge < -0.3 is 24.9 Å². The van der Waals surface area contributed by atoms with Crippen molar-refractivity contribution in [2.24, 2.45) is 11.8 Å². The molecule has 3 aliphatic rings. The molecule has 3 fully saturated rings. The van der Waals surface area contributed by atoms with Crippen LogP contribution in [0.25, 0.3) is 0 Å². The fraction of sp³-hybridized carbons (Fsp3) is 0.591. The maximum absolute atomic E-state index is 13.5. The van der Waals surface area contributed by atoms with Gasteiger partial charge in [-0.25, -0.2) is 9.18 Å². The number of aliphatic hydroxyl groups is 1. The lowest BCUT2D eigenvalue weighted by atomic mass is 10.0. The van der Waals surface area contributed by atoms with Crippen molar-refractivity contribution in [2.45, 2.75) is 51.0 Å². The van der Waals surface area contributed by atoms with Gasteiger partial charge in [-0.15, -0.1) is 5.06 Å². The Labute approximate surface area is 195 Å². The Hall–Kier alpha value is -2.43. The number of ether oxygens (including phenoxy) is 1. The number of hydroxylamine groups is 2. The number of fused-ring (bicyclic) bond motifs is 1. The second-order valence-electron chi connectivity index (χ2n) is 9.79. The molecule has 4 rings (SSSR count). The number of hydrogen-bond donors (Lipinski definition) is 2. The van der Waals surface area contributed by atoms with Crippen molar-refractivity contribution in [3.63, 3.8) is 0 Å². The molecule has 2 N–H and O–H groups in total. The molecule has 180 valence electrons. The van der Waals surface area contributed by atoms with Crippen LogP contribution < -0.4 is 5.32 Å². The highest BCUT2D eigenvalue weighted by Crippen LogP contribution is 2.51. The summed E-state index contributed by atoms with van der Waals surface area (Å²) >= 11 is 5.82. The van der Waals surface area contributed by atoms with Gasteiger partial charge in [-0.05, 0) is 44.5 Å². The van der Waals surface area contributed by atoms with Crippen LogP contribution in [-0.2, 0) is 25.7 Å². The van der Waals surface area contributed by atoms with Crippen molar-refractivity contribution in [1.29, 1.82) is 0 Å². The monoisotopic (exact) mass is 483 g/mol. The predicted octanol–water partition coefficient (Wildman–Crippen LogP) is 1.86. The van der Waals surface area contributed by atoms with E-state index in [0.717, 1.165) is 6.07 Å². The lowest BCUT2D eigenvalue weighted by Gasteiger charge is -2.26. The number of likely N-dealkylation sites (tertiary alicyclic amines) is 1. The van der Waals surface area contributed by atoms with Gasteiger partial charge in [-0.2, -0.15) is 0 Å². The van der Waals surface area contributed by atoms with Crippen LogP contribution >= 0.6 is 11.6 Å². The molecule has 1 unspecified atom stereocenters. The van der Waals surface area contributed by atoms with Crippen molar-refractivity contribution in [3.8, 4) is 0 Å². The smallest absolute Gasteiger partial charge is 0.427 e. The minimum Gasteiger partial charge on any atom is -0.427 e. The lowest BCUT2D eigenvalue weighted by molar-refractivity contribution is -0.156. The maximum atomic E-state index is 13.5. The van der Waals surface area contributed by atoms with Gasteiger partial charge in [0.25, 0.3) is 11.8 Å². The van der Waals surface area contributed by atoms with E-state index < -0.39 is 35.0 Å². The van der Waals surface area contributed by atoms with Crippen molar-refractivity contribution in [1.82, 2.24) is 15.3 Å². The highest BCUT2D eigenvalue weighted by Gasteiger charge is 2.64. The van der Waals surface area contributed by atoms with Gasteiger partial charge in [0.2, 0.25) is 5.60 Å². The normalized spacial score (nSPS) is 29.1. The molecule has 1 aromatic rings. The number of benzene rings is 1. The van der Waals surface area contributed by atoms with Crippen molar-refractivity contribution >= 4 is 29.6 Å². The molecule has 2 saturated heterocycles. The molecule has 1 saturated carbocycles. The van der Waals surface area contributed by atoms with Crippen LogP contribution in [-0.4, -0.2) is 69.9 Å². The van der Waals surface area contributed by atoms with Crippen molar-refractivity contribution in [2.75, 3.05) is 19.6 Å². The fourth-order valence-electron chi connectivity index (χ4n) is 4.63. The van der Waals surface area contributed by atoms with Crippen LogP contribution in [0.1, 0.15) is 32.8 Å². The van der Waals surface area contributed by atoms with Gasteiger partial charge in [-0.3, -0.25) is 9.59 Å². The molecule has 2 heterocycles. The molecule has 9 nitrogen and oxygen atoms in total. The number of hydrogen-bond acceptors (Lipinski definition) is 7. The molecule has 11 heteroatoms. The standard InChI is InChI=1S/C22H27ClFN3O6/c1-21(2,3)32-20(30)33-26-10-15-16(11-26)17(15)27-5-4-22(31,19(27)29)18(28)25-9-12-6-13(23)8-14(24)7-12/h6-8,15-17,31H,4-5,9-11H2,1-3H3,(H,25,28)/t15-,16+,17+,22?. The summed E-state index contributed by atoms with van der Waals surface area (Å²) in [6, 6.07) is 3.74. The molecular weight excluding hydrogens is 457 g/mol. The molecule has 33 heavy (non-hydrogen) atoms. The van der Waals surface area contributed by atoms with Gasteiger partial charge in [0.05, 0.1) is 0 Å². The number of rotatable bonds is 5. The van der Waals surface area contributed by atoms with Crippen LogP contribution in [0.2, 0.25) is 5.02 Å². The summed E-state index contributed by atoms with van der Waals surface area (Å²) in [4.78, 5) is 44.1. The summed E-state index contributed by atoms with van der Waals surface area (Å²) in [5.41, 5.74) is -2.40. The summed E-state index contributed by atoms with van der Waals surface area (Å²) in [7, 11) is 0. The molecule has 2 aliphatic heterocycles. The van der Waals surface area contributed by atoms with E-state index in [-0.39, 0.29) is 42.4 Å². The fourth-order valence-corrected chi connectivity index (χ4v) is 4.88. The van der Waals surface area contributed by atoms with Crippen molar-refractivity contribution < 1.29 is 33.5 Å². The zero-order valence-electron chi connectivity index (χ0n) is 18.6. The Morgan fingerprint density at radius 1 is 1.27 bits per heavy atom. The van der Waals surface area contributed by atoms with Crippen LogP contribution in [0.5, 0.6) is 0 Å². The largest absolute Gasteiger partial charge is 0.528 e. The second kappa shape index (κ2) is 8.41. The number of carbonyl (C=O) groups is 3. The number of carbonyl (C=O) groups excluding carboxylic acids is 3. The van der Waals surface area contributed by atoms with Gasteiger partial charge in [0.1, 0.15) is 11.4 Å². The first-order valence-corrected chi connectivity index (χ1v) is 11.2. The summed E-state index contributed by atoms with van der Waals surface area (Å²) in [5, 5.41) is 15.0.